The Morgan fingerprint density at radius 3 is 2.42 bits per heavy atom. The molecule has 0 bridgehead atoms. The molecule has 0 aliphatic carbocycles. The minimum Gasteiger partial charge on any atom is -0.496 e. The van der Waals surface area contributed by atoms with Crippen molar-refractivity contribution in [1.29, 1.82) is 0 Å². The van der Waals surface area contributed by atoms with Gasteiger partial charge in [-0.05, 0) is 56.9 Å². The smallest absolute Gasteiger partial charge is 0.340 e. The summed E-state index contributed by atoms with van der Waals surface area (Å²) in [7, 11) is 1.71. The summed E-state index contributed by atoms with van der Waals surface area (Å²) in [5, 5.41) is 1.09. The molecule has 0 radical (unpaired) electrons. The van der Waals surface area contributed by atoms with Crippen LogP contribution in [0, 0.1) is 12.8 Å². The Morgan fingerprint density at radius 2 is 1.70 bits per heavy atom. The number of cyclic esters (lactones) is 1. The molecule has 3 aromatic carbocycles. The van der Waals surface area contributed by atoms with E-state index in [0.717, 1.165) is 64.9 Å². The molecule has 228 valence electrons. The van der Waals surface area contributed by atoms with Gasteiger partial charge in [0, 0.05) is 58.1 Å². The minimum absolute atomic E-state index is 0.156. The van der Waals surface area contributed by atoms with Crippen molar-refractivity contribution in [3.05, 3.63) is 94.7 Å². The fourth-order valence-electron chi connectivity index (χ4n) is 6.79. The minimum atomic E-state index is -1.16. The van der Waals surface area contributed by atoms with Crippen molar-refractivity contribution < 1.29 is 14.3 Å². The summed E-state index contributed by atoms with van der Waals surface area (Å²) in [6.45, 7) is 12.9. The van der Waals surface area contributed by atoms with Gasteiger partial charge in [0.05, 0.1) is 17.6 Å². The molecule has 0 amide bonds. The maximum atomic E-state index is 13.7. The van der Waals surface area contributed by atoms with Crippen molar-refractivity contribution in [1.82, 2.24) is 4.57 Å². The highest BCUT2D eigenvalue weighted by Gasteiger charge is 2.52. The molecule has 4 aromatic rings. The van der Waals surface area contributed by atoms with Crippen LogP contribution in [0.1, 0.15) is 92.5 Å². The second-order valence-electron chi connectivity index (χ2n) is 12.0. The normalized spacial score (nSPS) is 17.5. The van der Waals surface area contributed by atoms with Gasteiger partial charge in [-0.15, -0.1) is 0 Å². The van der Waals surface area contributed by atoms with Gasteiger partial charge in [-0.3, -0.25) is 0 Å². The summed E-state index contributed by atoms with van der Waals surface area (Å²) in [5.41, 5.74) is 5.47. The molecule has 5 rings (SSSR count). The van der Waals surface area contributed by atoms with Crippen LogP contribution < -0.4 is 9.64 Å². The second kappa shape index (κ2) is 13.2. The fourth-order valence-corrected chi connectivity index (χ4v) is 7.24. The summed E-state index contributed by atoms with van der Waals surface area (Å²) < 4.78 is 15.3. The molecule has 43 heavy (non-hydrogen) atoms. The van der Waals surface area contributed by atoms with E-state index in [1.165, 1.54) is 19.3 Å². The largest absolute Gasteiger partial charge is 0.496 e. The molecule has 1 aromatic heterocycles. The van der Waals surface area contributed by atoms with Gasteiger partial charge in [0.1, 0.15) is 5.75 Å². The van der Waals surface area contributed by atoms with E-state index in [0.29, 0.717) is 17.2 Å². The lowest BCUT2D eigenvalue weighted by Crippen LogP contribution is -2.32. The van der Waals surface area contributed by atoms with Gasteiger partial charge in [0.2, 0.25) is 0 Å². The number of unbranched alkanes of at least 4 members (excludes halogenated alkanes) is 2. The van der Waals surface area contributed by atoms with Crippen LogP contribution in [0.2, 0.25) is 0 Å². The van der Waals surface area contributed by atoms with E-state index in [1.54, 1.807) is 7.11 Å². The van der Waals surface area contributed by atoms with Crippen LogP contribution in [-0.4, -0.2) is 29.1 Å². The third kappa shape index (κ3) is 5.59. The first-order chi connectivity index (χ1) is 20.8. The van der Waals surface area contributed by atoms with Crippen molar-refractivity contribution in [3.63, 3.8) is 0 Å². The molecule has 0 spiro atoms. The van der Waals surface area contributed by atoms with Crippen LogP contribution in [0.15, 0.2) is 66.7 Å². The molecule has 2 heterocycles. The average molecular weight is 646 g/mol. The van der Waals surface area contributed by atoms with E-state index >= 15 is 0 Å². The number of anilines is 1. The van der Waals surface area contributed by atoms with Gasteiger partial charge in [-0.2, -0.15) is 0 Å². The molecule has 3 atom stereocenters. The monoisotopic (exact) mass is 644 g/mol. The summed E-state index contributed by atoms with van der Waals surface area (Å²) in [5.74, 6) is 0.906. The number of nitrogens with zero attached hydrogens (tertiary/aromatic N) is 2. The second-order valence-corrected chi connectivity index (χ2v) is 13.3. The molecule has 0 N–H and O–H groups in total. The first-order valence-electron chi connectivity index (χ1n) is 15.8. The van der Waals surface area contributed by atoms with E-state index < -0.39 is 5.60 Å². The van der Waals surface area contributed by atoms with Gasteiger partial charge in [-0.1, -0.05) is 92.4 Å². The maximum absolute atomic E-state index is 13.7. The van der Waals surface area contributed by atoms with E-state index in [4.69, 9.17) is 9.47 Å². The lowest BCUT2D eigenvalue weighted by Gasteiger charge is -2.34. The summed E-state index contributed by atoms with van der Waals surface area (Å²) in [6.07, 6.45) is 5.78. The highest BCUT2D eigenvalue weighted by molar-refractivity contribution is 9.09. The van der Waals surface area contributed by atoms with Crippen LogP contribution in [0.4, 0.5) is 5.69 Å². The van der Waals surface area contributed by atoms with Gasteiger partial charge >= 0.3 is 5.97 Å². The van der Waals surface area contributed by atoms with Gasteiger partial charge in [0.15, 0.2) is 5.60 Å². The molecule has 0 saturated heterocycles. The SMILES string of the molecule is CCCCC(C)Cn1c(C)c(C2(c3ccc(N(CCCC)C(C)Br)cc3OC)OC(=O)c3ccccc32)c2ccccc21. The van der Waals surface area contributed by atoms with Crippen molar-refractivity contribution >= 4 is 38.5 Å². The third-order valence-corrected chi connectivity index (χ3v) is 9.47. The van der Waals surface area contributed by atoms with Crippen LogP contribution in [0.3, 0.4) is 0 Å². The molecule has 0 saturated carbocycles. The third-order valence-electron chi connectivity index (χ3n) is 8.98. The number of esters is 1. The zero-order valence-electron chi connectivity index (χ0n) is 26.5. The first-order valence-corrected chi connectivity index (χ1v) is 16.7. The summed E-state index contributed by atoms with van der Waals surface area (Å²) in [4.78, 5) is 16.2. The predicted octanol–water partition coefficient (Wildman–Crippen LogP) is 9.59. The Labute approximate surface area is 265 Å². The topological polar surface area (TPSA) is 43.7 Å². The molecule has 6 heteroatoms. The quantitative estimate of drug-likeness (QED) is 0.0825. The Bertz CT molecular complexity index is 1590. The number of methoxy groups -OCH3 is 1. The van der Waals surface area contributed by atoms with E-state index in [-0.39, 0.29) is 10.9 Å². The van der Waals surface area contributed by atoms with Crippen molar-refractivity contribution in [2.45, 2.75) is 83.8 Å². The van der Waals surface area contributed by atoms with Crippen molar-refractivity contribution in [2.75, 3.05) is 18.6 Å². The van der Waals surface area contributed by atoms with Crippen LogP contribution >= 0.6 is 15.9 Å². The molecule has 5 nitrogen and oxygen atoms in total. The first kappa shape index (κ1) is 31.2. The maximum Gasteiger partial charge on any atom is 0.340 e. The molecular formula is C37H45BrN2O3. The molecule has 3 unspecified atom stereocenters. The zero-order chi connectivity index (χ0) is 30.7. The standard InChI is InChI=1S/C37H45BrN2O3/c1-7-9-15-25(3)24-40-26(4)35(30-17-12-14-19-33(30)40)37(31-18-13-11-16-29(31)36(41)43-37)32-21-20-28(23-34(32)42-6)39(27(5)38)22-10-8-2/h11-14,16-21,23,25,27H,7-10,15,22,24H2,1-6H3. The number of carbonyl (C=O) groups excluding carboxylic acids is 1. The Hall–Kier alpha value is -3.25. The number of benzene rings is 3. The molecule has 0 fully saturated rings. The number of aromatic nitrogens is 1. The number of alkyl halides is 1. The van der Waals surface area contributed by atoms with Crippen LogP contribution in [0.25, 0.3) is 10.9 Å². The van der Waals surface area contributed by atoms with Crippen LogP contribution in [-0.2, 0) is 16.9 Å². The van der Waals surface area contributed by atoms with E-state index in [1.807, 2.05) is 24.3 Å². The Balaban J connectivity index is 1.78. The van der Waals surface area contributed by atoms with Gasteiger partial charge in [-0.25, -0.2) is 4.79 Å². The van der Waals surface area contributed by atoms with Gasteiger partial charge in [0.25, 0.3) is 0 Å². The molecule has 1 aliphatic rings. The average Bonchev–Trinajstić information content (AvgIpc) is 3.46. The number of carbonyl (C=O) groups is 1. The molecular weight excluding hydrogens is 600 g/mol. The number of fused-ring (bicyclic) bond motifs is 2. The van der Waals surface area contributed by atoms with Crippen molar-refractivity contribution in [3.8, 4) is 5.75 Å². The Morgan fingerprint density at radius 1 is 0.977 bits per heavy atom. The number of ether oxygens (including phenoxy) is 2. The van der Waals surface area contributed by atoms with Crippen molar-refractivity contribution in [2.24, 2.45) is 5.92 Å². The summed E-state index contributed by atoms with van der Waals surface area (Å²) in [6, 6.07) is 22.7. The fraction of sp³-hybridized carbons (Fsp3) is 0.432. The molecule has 1 aliphatic heterocycles. The predicted molar refractivity (Wildman–Crippen MR) is 181 cm³/mol. The lowest BCUT2D eigenvalue weighted by molar-refractivity contribution is 0.0247. The number of halogens is 1. The number of hydrogen-bond donors (Lipinski definition) is 0. The van der Waals surface area contributed by atoms with Crippen LogP contribution in [0.5, 0.6) is 5.75 Å². The van der Waals surface area contributed by atoms with E-state index in [2.05, 4.69) is 102 Å². The zero-order valence-corrected chi connectivity index (χ0v) is 28.0. The summed E-state index contributed by atoms with van der Waals surface area (Å²) >= 11 is 3.80. The lowest BCUT2D eigenvalue weighted by atomic mass is 9.78. The highest BCUT2D eigenvalue weighted by Crippen LogP contribution is 2.53. The van der Waals surface area contributed by atoms with Gasteiger partial charge < -0.3 is 18.9 Å². The van der Waals surface area contributed by atoms with E-state index in [9.17, 15) is 4.79 Å². The Kier molecular flexibility index (Phi) is 9.55. The number of para-hydroxylation sites is 1. The number of hydrogen-bond acceptors (Lipinski definition) is 4. The number of rotatable bonds is 13. The highest BCUT2D eigenvalue weighted by atomic mass is 79.9.